The molecule has 0 saturated carbocycles. The van der Waals surface area contributed by atoms with Crippen molar-refractivity contribution in [2.75, 3.05) is 0 Å². The van der Waals surface area contributed by atoms with Gasteiger partial charge in [-0.25, -0.2) is 0 Å². The summed E-state index contributed by atoms with van der Waals surface area (Å²) in [6, 6.07) is 7.29. The van der Waals surface area contributed by atoms with Gasteiger partial charge in [0.2, 0.25) is 0 Å². The van der Waals surface area contributed by atoms with E-state index < -0.39 is 0 Å². The molecule has 0 radical (unpaired) electrons. The first-order chi connectivity index (χ1) is 6.83. The number of pyridine rings is 1. The minimum Gasteiger partial charge on any atom is -0.255 e. The highest BCUT2D eigenvalue weighted by molar-refractivity contribution is 7.78. The molecule has 0 fully saturated rings. The molecule has 2 aromatic rings. The van der Waals surface area contributed by atoms with E-state index in [9.17, 15) is 0 Å². The number of fused-ring (bicyclic) bond motifs is 1. The molecule has 1 aromatic heterocycles. The van der Waals surface area contributed by atoms with Crippen molar-refractivity contribution in [1.82, 2.24) is 4.98 Å². The summed E-state index contributed by atoms with van der Waals surface area (Å²) in [7, 11) is 0. The van der Waals surface area contributed by atoms with Gasteiger partial charge < -0.3 is 0 Å². The van der Waals surface area contributed by atoms with Gasteiger partial charge in [-0.3, -0.25) is 4.98 Å². The van der Waals surface area contributed by atoms with E-state index in [-0.39, 0.29) is 0 Å². The Labute approximate surface area is 91.3 Å². The molecule has 0 aliphatic heterocycles. The van der Waals surface area contributed by atoms with Gasteiger partial charge in [0.05, 0.1) is 21.4 Å². The summed E-state index contributed by atoms with van der Waals surface area (Å²) in [5.41, 5.74) is 1.48. The molecule has 0 aliphatic rings. The molecule has 0 N–H and O–H groups in total. The molecule has 1 aromatic carbocycles. The maximum Gasteiger partial charge on any atom is 0.0910 e. The average molecular weight is 221 g/mol. The first-order valence-corrected chi connectivity index (χ1v) is 4.72. The van der Waals surface area contributed by atoms with Gasteiger partial charge in [0, 0.05) is 11.6 Å². The van der Waals surface area contributed by atoms with E-state index in [1.807, 2.05) is 12.1 Å². The molecule has 4 heteroatoms. The van der Waals surface area contributed by atoms with E-state index in [1.165, 1.54) is 0 Å². The highest BCUT2D eigenvalue weighted by Crippen LogP contribution is 2.29. The van der Waals surface area contributed by atoms with Crippen molar-refractivity contribution in [1.29, 1.82) is 0 Å². The molecule has 0 saturated heterocycles. The maximum absolute atomic E-state index is 5.98. The molecule has 2 nitrogen and oxygen atoms in total. The summed E-state index contributed by atoms with van der Waals surface area (Å²) in [5.74, 6) is 0. The highest BCUT2D eigenvalue weighted by atomic mass is 35.5. The zero-order chi connectivity index (χ0) is 9.97. The first-order valence-electron chi connectivity index (χ1n) is 3.94. The molecular weight excluding hydrogens is 216 g/mol. The van der Waals surface area contributed by atoms with Gasteiger partial charge in [0.25, 0.3) is 0 Å². The molecule has 2 rings (SSSR count). The summed E-state index contributed by atoms with van der Waals surface area (Å²) < 4.78 is 0. The van der Waals surface area contributed by atoms with E-state index in [1.54, 1.807) is 18.3 Å². The van der Waals surface area contributed by atoms with Crippen LogP contribution in [0.4, 0.5) is 5.69 Å². The molecule has 0 atom stereocenters. The third kappa shape index (κ3) is 1.53. The number of hydrogen-bond donors (Lipinski definition) is 0. The predicted octanol–water partition coefficient (Wildman–Crippen LogP) is 3.62. The Bertz CT molecular complexity index is 533. The van der Waals surface area contributed by atoms with Crippen LogP contribution in [0.2, 0.25) is 5.02 Å². The first kappa shape index (κ1) is 9.28. The number of halogens is 1. The lowest BCUT2D eigenvalue weighted by atomic mass is 10.2. The van der Waals surface area contributed by atoms with E-state index in [4.69, 9.17) is 11.6 Å². The van der Waals surface area contributed by atoms with Crippen LogP contribution in [0.15, 0.2) is 35.5 Å². The van der Waals surface area contributed by atoms with Crippen molar-refractivity contribution in [2.24, 2.45) is 4.99 Å². The monoisotopic (exact) mass is 220 g/mol. The third-order valence-corrected chi connectivity index (χ3v) is 2.26. The fourth-order valence-corrected chi connectivity index (χ4v) is 1.58. The van der Waals surface area contributed by atoms with Crippen LogP contribution in [0.25, 0.3) is 10.9 Å². The molecule has 1 heterocycles. The Morgan fingerprint density at radius 2 is 2.21 bits per heavy atom. The van der Waals surface area contributed by atoms with Crippen molar-refractivity contribution in [3.8, 4) is 0 Å². The molecular formula is C10H5ClN2S. The molecule has 0 unspecified atom stereocenters. The van der Waals surface area contributed by atoms with Crippen molar-refractivity contribution in [3.63, 3.8) is 0 Å². The van der Waals surface area contributed by atoms with E-state index >= 15 is 0 Å². The number of hydrogen-bond acceptors (Lipinski definition) is 3. The maximum atomic E-state index is 5.98. The second-order valence-electron chi connectivity index (χ2n) is 2.67. The number of rotatable bonds is 1. The minimum absolute atomic E-state index is 0.615. The van der Waals surface area contributed by atoms with Crippen LogP contribution in [-0.2, 0) is 0 Å². The topological polar surface area (TPSA) is 25.2 Å². The summed E-state index contributed by atoms with van der Waals surface area (Å²) >= 11 is 10.5. The minimum atomic E-state index is 0.615. The Morgan fingerprint density at radius 3 is 3.00 bits per heavy atom. The third-order valence-electron chi connectivity index (χ3n) is 1.86. The molecule has 68 valence electrons. The fourth-order valence-electron chi connectivity index (χ4n) is 1.27. The van der Waals surface area contributed by atoms with Gasteiger partial charge in [-0.2, -0.15) is 4.99 Å². The van der Waals surface area contributed by atoms with Crippen LogP contribution >= 0.6 is 23.8 Å². The molecule has 0 aliphatic carbocycles. The van der Waals surface area contributed by atoms with Crippen molar-refractivity contribution >= 4 is 45.6 Å². The second kappa shape index (κ2) is 3.84. The molecule has 0 amide bonds. The number of thiocarbonyl (C=S) groups is 1. The SMILES string of the molecule is S=C=Nc1ccc(Cl)c2ncccc12. The van der Waals surface area contributed by atoms with Gasteiger partial charge in [0.15, 0.2) is 0 Å². The standard InChI is InChI=1S/C10H5ClN2S/c11-8-3-4-9(13-6-14)7-2-1-5-12-10(7)8/h1-5H. The van der Waals surface area contributed by atoms with Crippen LogP contribution in [0.1, 0.15) is 0 Å². The number of aliphatic imine (C=N–C) groups is 1. The number of isothiocyanates is 1. The zero-order valence-electron chi connectivity index (χ0n) is 7.07. The van der Waals surface area contributed by atoms with Crippen LogP contribution in [0.5, 0.6) is 0 Å². The number of aromatic nitrogens is 1. The predicted molar refractivity (Wildman–Crippen MR) is 61.4 cm³/mol. The van der Waals surface area contributed by atoms with Gasteiger partial charge >= 0.3 is 0 Å². The van der Waals surface area contributed by atoms with Gasteiger partial charge in [-0.05, 0) is 36.5 Å². The van der Waals surface area contributed by atoms with E-state index in [2.05, 4.69) is 27.4 Å². The van der Waals surface area contributed by atoms with Crippen LogP contribution in [0.3, 0.4) is 0 Å². The summed E-state index contributed by atoms with van der Waals surface area (Å²) in [4.78, 5) is 8.11. The van der Waals surface area contributed by atoms with E-state index in [0.29, 0.717) is 5.02 Å². The van der Waals surface area contributed by atoms with Crippen molar-refractivity contribution < 1.29 is 0 Å². The molecule has 0 spiro atoms. The quantitative estimate of drug-likeness (QED) is 0.542. The Balaban J connectivity index is 2.88. The Morgan fingerprint density at radius 1 is 1.36 bits per heavy atom. The van der Waals surface area contributed by atoms with Gasteiger partial charge in [-0.1, -0.05) is 11.6 Å². The highest BCUT2D eigenvalue weighted by Gasteiger charge is 2.03. The molecule has 14 heavy (non-hydrogen) atoms. The van der Waals surface area contributed by atoms with E-state index in [0.717, 1.165) is 16.6 Å². The molecule has 0 bridgehead atoms. The van der Waals surface area contributed by atoms with Crippen molar-refractivity contribution in [2.45, 2.75) is 0 Å². The van der Waals surface area contributed by atoms with Crippen LogP contribution in [0, 0.1) is 0 Å². The summed E-state index contributed by atoms with van der Waals surface area (Å²) in [6.07, 6.45) is 1.69. The largest absolute Gasteiger partial charge is 0.255 e. The average Bonchev–Trinajstić information content (AvgIpc) is 2.23. The normalized spacial score (nSPS) is 9.79. The number of nitrogens with zero attached hydrogens (tertiary/aromatic N) is 2. The van der Waals surface area contributed by atoms with Gasteiger partial charge in [0.1, 0.15) is 0 Å². The Kier molecular flexibility index (Phi) is 2.55. The fraction of sp³-hybridized carbons (Fsp3) is 0. The zero-order valence-corrected chi connectivity index (χ0v) is 8.64. The number of benzene rings is 1. The lowest BCUT2D eigenvalue weighted by Crippen LogP contribution is -1.79. The van der Waals surface area contributed by atoms with Crippen molar-refractivity contribution in [3.05, 3.63) is 35.5 Å². The van der Waals surface area contributed by atoms with Crippen LogP contribution in [-0.4, -0.2) is 10.1 Å². The lowest BCUT2D eigenvalue weighted by Gasteiger charge is -2.00. The van der Waals surface area contributed by atoms with Crippen LogP contribution < -0.4 is 0 Å². The summed E-state index contributed by atoms with van der Waals surface area (Å²) in [6.45, 7) is 0. The summed E-state index contributed by atoms with van der Waals surface area (Å²) in [5, 5.41) is 3.83. The van der Waals surface area contributed by atoms with Gasteiger partial charge in [-0.15, -0.1) is 0 Å². The lowest BCUT2D eigenvalue weighted by molar-refractivity contribution is 1.41. The Hall–Kier alpha value is -1.28. The second-order valence-corrected chi connectivity index (χ2v) is 3.26. The smallest absolute Gasteiger partial charge is 0.0910 e.